The Labute approximate surface area is 92.1 Å². The van der Waals surface area contributed by atoms with E-state index >= 15 is 0 Å². The first-order valence-electron chi connectivity index (χ1n) is 4.47. The number of aryl methyl sites for hydroxylation is 1. The molecule has 0 aromatic heterocycles. The molecule has 0 aliphatic carbocycles. The first-order valence-corrected chi connectivity index (χ1v) is 5.26. The zero-order valence-electron chi connectivity index (χ0n) is 8.03. The minimum absolute atomic E-state index is 0.451. The number of hydrogen-bond donors (Lipinski definition) is 1. The third-order valence-electron chi connectivity index (χ3n) is 2.06. The van der Waals surface area contributed by atoms with E-state index in [4.69, 9.17) is 0 Å². The maximum Gasteiger partial charge on any atom is 0.151 e. The van der Waals surface area contributed by atoms with Crippen molar-refractivity contribution in [2.24, 2.45) is 0 Å². The molecule has 76 valence electrons. The van der Waals surface area contributed by atoms with Crippen LogP contribution in [0.1, 0.15) is 18.9 Å². The molecule has 0 fully saturated rings. The average molecular weight is 257 g/mol. The summed E-state index contributed by atoms with van der Waals surface area (Å²) in [5.41, 5.74) is -0.0935. The van der Waals surface area contributed by atoms with Gasteiger partial charge in [0.25, 0.3) is 0 Å². The highest BCUT2D eigenvalue weighted by molar-refractivity contribution is 9.10. The van der Waals surface area contributed by atoms with E-state index in [1.807, 2.05) is 24.3 Å². The summed E-state index contributed by atoms with van der Waals surface area (Å²) in [5.74, 6) is 0. The highest BCUT2D eigenvalue weighted by Gasteiger charge is 2.18. The zero-order chi connectivity index (χ0) is 10.6. The summed E-state index contributed by atoms with van der Waals surface area (Å²) in [6, 6.07) is 7.85. The van der Waals surface area contributed by atoms with Gasteiger partial charge in [-0.3, -0.25) is 0 Å². The number of carbonyl (C=O) groups excluding carboxylic acids is 1. The van der Waals surface area contributed by atoms with Crippen LogP contribution >= 0.6 is 15.9 Å². The van der Waals surface area contributed by atoms with Crippen molar-refractivity contribution in [1.82, 2.24) is 0 Å². The average Bonchev–Trinajstić information content (AvgIpc) is 2.15. The Morgan fingerprint density at radius 1 is 1.57 bits per heavy atom. The number of rotatable bonds is 4. The first kappa shape index (κ1) is 11.4. The number of benzene rings is 1. The summed E-state index contributed by atoms with van der Waals surface area (Å²) in [6.07, 6.45) is 1.74. The van der Waals surface area contributed by atoms with Crippen molar-refractivity contribution in [3.05, 3.63) is 34.3 Å². The number of carbonyl (C=O) groups is 1. The van der Waals surface area contributed by atoms with Gasteiger partial charge in [-0.2, -0.15) is 0 Å². The predicted octanol–water partition coefficient (Wildman–Crippen LogP) is 2.33. The smallest absolute Gasteiger partial charge is 0.151 e. The fraction of sp³-hybridized carbons (Fsp3) is 0.364. The van der Waals surface area contributed by atoms with Crippen LogP contribution in [0.2, 0.25) is 0 Å². The third-order valence-corrected chi connectivity index (χ3v) is 2.56. The molecule has 2 nitrogen and oxygen atoms in total. The monoisotopic (exact) mass is 256 g/mol. The van der Waals surface area contributed by atoms with Gasteiger partial charge in [-0.25, -0.2) is 0 Å². The van der Waals surface area contributed by atoms with Gasteiger partial charge >= 0.3 is 0 Å². The number of hydrogen-bond acceptors (Lipinski definition) is 2. The topological polar surface area (TPSA) is 37.3 Å². The van der Waals surface area contributed by atoms with Crippen LogP contribution in [0, 0.1) is 0 Å². The van der Waals surface area contributed by atoms with Crippen LogP contribution < -0.4 is 0 Å². The van der Waals surface area contributed by atoms with Crippen LogP contribution in [0.3, 0.4) is 0 Å². The molecule has 0 amide bonds. The minimum atomic E-state index is -1.21. The lowest BCUT2D eigenvalue weighted by Crippen LogP contribution is -2.26. The second-order valence-corrected chi connectivity index (χ2v) is 4.52. The molecule has 0 radical (unpaired) electrons. The Morgan fingerprint density at radius 3 is 2.86 bits per heavy atom. The van der Waals surface area contributed by atoms with Gasteiger partial charge in [0, 0.05) is 4.47 Å². The van der Waals surface area contributed by atoms with Gasteiger partial charge < -0.3 is 9.90 Å². The van der Waals surface area contributed by atoms with Gasteiger partial charge in [0.1, 0.15) is 5.60 Å². The fourth-order valence-corrected chi connectivity index (χ4v) is 1.60. The maximum atomic E-state index is 10.5. The summed E-state index contributed by atoms with van der Waals surface area (Å²) in [7, 11) is 0. The van der Waals surface area contributed by atoms with E-state index in [9.17, 15) is 9.90 Å². The highest BCUT2D eigenvalue weighted by Crippen LogP contribution is 2.16. The molecule has 1 atom stereocenters. The molecule has 0 bridgehead atoms. The highest BCUT2D eigenvalue weighted by atomic mass is 79.9. The molecule has 3 heteroatoms. The van der Waals surface area contributed by atoms with Crippen molar-refractivity contribution in [1.29, 1.82) is 0 Å². The van der Waals surface area contributed by atoms with Gasteiger partial charge in [0.05, 0.1) is 0 Å². The molecular formula is C11H13BrO2. The SMILES string of the molecule is CC(O)(C=O)CCc1cccc(Br)c1. The lowest BCUT2D eigenvalue weighted by Gasteiger charge is -2.14. The largest absolute Gasteiger partial charge is 0.383 e. The van der Waals surface area contributed by atoms with E-state index < -0.39 is 5.60 Å². The van der Waals surface area contributed by atoms with E-state index in [0.29, 0.717) is 19.1 Å². The number of aliphatic hydroxyl groups is 1. The molecule has 0 heterocycles. The molecule has 0 saturated carbocycles. The normalized spacial score (nSPS) is 14.8. The Bertz CT molecular complexity index is 321. The summed E-state index contributed by atoms with van der Waals surface area (Å²) in [6.45, 7) is 1.53. The molecule has 1 aromatic carbocycles. The van der Waals surface area contributed by atoms with E-state index in [-0.39, 0.29) is 0 Å². The van der Waals surface area contributed by atoms with Crippen molar-refractivity contribution in [3.8, 4) is 0 Å². The summed E-state index contributed by atoms with van der Waals surface area (Å²) < 4.78 is 1.01. The molecular weight excluding hydrogens is 244 g/mol. The van der Waals surface area contributed by atoms with Crippen LogP contribution in [-0.2, 0) is 11.2 Å². The minimum Gasteiger partial charge on any atom is -0.383 e. The molecule has 14 heavy (non-hydrogen) atoms. The number of halogens is 1. The van der Waals surface area contributed by atoms with Gasteiger partial charge in [-0.15, -0.1) is 0 Å². The Morgan fingerprint density at radius 2 is 2.29 bits per heavy atom. The van der Waals surface area contributed by atoms with Crippen LogP contribution in [0.5, 0.6) is 0 Å². The summed E-state index contributed by atoms with van der Waals surface area (Å²) in [5, 5.41) is 9.47. The molecule has 0 aliphatic rings. The van der Waals surface area contributed by atoms with E-state index in [1.54, 1.807) is 0 Å². The van der Waals surface area contributed by atoms with Gasteiger partial charge in [-0.05, 0) is 37.5 Å². The number of aldehydes is 1. The molecule has 1 aromatic rings. The molecule has 1 N–H and O–H groups in total. The van der Waals surface area contributed by atoms with E-state index in [1.165, 1.54) is 6.92 Å². The Hall–Kier alpha value is -0.670. The second kappa shape index (κ2) is 4.71. The van der Waals surface area contributed by atoms with Crippen LogP contribution in [0.15, 0.2) is 28.7 Å². The van der Waals surface area contributed by atoms with Crippen molar-refractivity contribution in [3.63, 3.8) is 0 Å². The van der Waals surface area contributed by atoms with E-state index in [2.05, 4.69) is 15.9 Å². The standard InChI is InChI=1S/C11H13BrO2/c1-11(14,8-13)6-5-9-3-2-4-10(12)7-9/h2-4,7-8,14H,5-6H2,1H3. The lowest BCUT2D eigenvalue weighted by molar-refractivity contribution is -0.122. The molecule has 0 aliphatic heterocycles. The van der Waals surface area contributed by atoms with Crippen LogP contribution in [0.4, 0.5) is 0 Å². The van der Waals surface area contributed by atoms with Crippen molar-refractivity contribution in [2.45, 2.75) is 25.4 Å². The van der Waals surface area contributed by atoms with Gasteiger partial charge in [-0.1, -0.05) is 28.1 Å². The zero-order valence-corrected chi connectivity index (χ0v) is 9.62. The summed E-state index contributed by atoms with van der Waals surface area (Å²) >= 11 is 3.37. The van der Waals surface area contributed by atoms with Crippen LogP contribution in [0.25, 0.3) is 0 Å². The molecule has 0 spiro atoms. The predicted molar refractivity (Wildman–Crippen MR) is 59.2 cm³/mol. The fourth-order valence-electron chi connectivity index (χ4n) is 1.15. The van der Waals surface area contributed by atoms with Crippen molar-refractivity contribution in [2.75, 3.05) is 0 Å². The van der Waals surface area contributed by atoms with Gasteiger partial charge in [0.15, 0.2) is 6.29 Å². The quantitative estimate of drug-likeness (QED) is 0.840. The lowest BCUT2D eigenvalue weighted by atomic mass is 9.98. The Kier molecular flexibility index (Phi) is 3.84. The first-order chi connectivity index (χ1) is 6.53. The molecule has 0 saturated heterocycles. The molecule has 1 rings (SSSR count). The van der Waals surface area contributed by atoms with E-state index in [0.717, 1.165) is 10.0 Å². The molecule has 1 unspecified atom stereocenters. The Balaban J connectivity index is 2.58. The maximum absolute atomic E-state index is 10.5. The van der Waals surface area contributed by atoms with Crippen molar-refractivity contribution >= 4 is 22.2 Å². The van der Waals surface area contributed by atoms with Gasteiger partial charge in [0.2, 0.25) is 0 Å². The second-order valence-electron chi connectivity index (χ2n) is 3.60. The van der Waals surface area contributed by atoms with Crippen LogP contribution in [-0.4, -0.2) is 17.0 Å². The summed E-state index contributed by atoms with van der Waals surface area (Å²) in [4.78, 5) is 10.5. The van der Waals surface area contributed by atoms with Crippen molar-refractivity contribution < 1.29 is 9.90 Å². The third kappa shape index (κ3) is 3.60.